The first-order chi connectivity index (χ1) is 13.0. The minimum absolute atomic E-state index is 0.399. The topological polar surface area (TPSA) is 61.5 Å². The number of methoxy groups -OCH3 is 1. The predicted molar refractivity (Wildman–Crippen MR) is 94.0 cm³/mol. The van der Waals surface area contributed by atoms with Crippen LogP contribution in [-0.4, -0.2) is 12.1 Å². The molecule has 1 unspecified atom stereocenters. The van der Waals surface area contributed by atoms with Gasteiger partial charge in [0.05, 0.1) is 24.0 Å². The van der Waals surface area contributed by atoms with Crippen molar-refractivity contribution in [3.8, 4) is 0 Å². The fourth-order valence-electron chi connectivity index (χ4n) is 3.06. The van der Waals surface area contributed by atoms with Crippen LogP contribution in [0.2, 0.25) is 0 Å². The molecule has 1 aromatic heterocycles. The number of fused-ring (bicyclic) bond motifs is 1. The number of nitrogens with zero attached hydrogens (tertiary/aromatic N) is 2. The van der Waals surface area contributed by atoms with E-state index in [9.17, 15) is 13.2 Å². The van der Waals surface area contributed by atoms with Crippen LogP contribution in [0.25, 0.3) is 0 Å². The molecule has 0 radical (unpaired) electrons. The second-order valence-electron chi connectivity index (χ2n) is 5.96. The van der Waals surface area contributed by atoms with E-state index in [2.05, 4.69) is 21.2 Å². The van der Waals surface area contributed by atoms with Gasteiger partial charge >= 0.3 is 6.18 Å². The van der Waals surface area contributed by atoms with E-state index < -0.39 is 17.9 Å². The van der Waals surface area contributed by atoms with Gasteiger partial charge in [-0.1, -0.05) is 0 Å². The Kier molecular flexibility index (Phi) is 4.06. The molecule has 2 aliphatic rings. The molecule has 1 aromatic carbocycles. The zero-order valence-corrected chi connectivity index (χ0v) is 14.2. The van der Waals surface area contributed by atoms with Gasteiger partial charge in [0.2, 0.25) is 5.88 Å². The van der Waals surface area contributed by atoms with E-state index in [-0.39, 0.29) is 0 Å². The molecular formula is C18H16F3N5O. The second kappa shape index (κ2) is 6.42. The highest BCUT2D eigenvalue weighted by molar-refractivity contribution is 5.80. The summed E-state index contributed by atoms with van der Waals surface area (Å²) in [7, 11) is 1.53. The van der Waals surface area contributed by atoms with Crippen molar-refractivity contribution in [2.45, 2.75) is 12.3 Å². The Bertz CT molecular complexity index is 911. The first-order valence-electron chi connectivity index (χ1n) is 8.12. The third kappa shape index (κ3) is 3.12. The summed E-state index contributed by atoms with van der Waals surface area (Å²) in [4.78, 5) is 5.88. The largest absolute Gasteiger partial charge is 0.481 e. The molecule has 1 atom stereocenters. The lowest BCUT2D eigenvalue weighted by molar-refractivity contribution is -0.137. The van der Waals surface area contributed by atoms with Gasteiger partial charge in [-0.2, -0.15) is 13.2 Å². The Morgan fingerprint density at radius 3 is 2.48 bits per heavy atom. The fraction of sp³-hybridized carbons (Fsp3) is 0.167. The molecule has 6 nitrogen and oxygen atoms in total. The molecule has 9 heteroatoms. The molecule has 27 heavy (non-hydrogen) atoms. The highest BCUT2D eigenvalue weighted by atomic mass is 19.4. The minimum atomic E-state index is -4.41. The SMILES string of the molecule is COC1=CC=C(N2c3ccc(C(F)(F)F)cc3NC2c2ccncc2)NN1. The molecule has 0 aliphatic carbocycles. The van der Waals surface area contributed by atoms with E-state index in [1.165, 1.54) is 13.2 Å². The summed E-state index contributed by atoms with van der Waals surface area (Å²) in [5, 5.41) is 3.17. The highest BCUT2D eigenvalue weighted by Crippen LogP contribution is 2.45. The minimum Gasteiger partial charge on any atom is -0.481 e. The van der Waals surface area contributed by atoms with Crippen LogP contribution in [0.3, 0.4) is 0 Å². The number of halogens is 3. The molecule has 140 valence electrons. The molecule has 3 heterocycles. The number of ether oxygens (including phenoxy) is 1. The molecule has 4 rings (SSSR count). The van der Waals surface area contributed by atoms with E-state index in [0.29, 0.717) is 23.1 Å². The zero-order valence-electron chi connectivity index (χ0n) is 14.2. The summed E-state index contributed by atoms with van der Waals surface area (Å²) < 4.78 is 44.4. The van der Waals surface area contributed by atoms with Gasteiger partial charge in [0.25, 0.3) is 0 Å². The number of alkyl halides is 3. The van der Waals surface area contributed by atoms with E-state index in [0.717, 1.165) is 17.7 Å². The van der Waals surface area contributed by atoms with Crippen molar-refractivity contribution in [3.05, 3.63) is 77.7 Å². The quantitative estimate of drug-likeness (QED) is 0.764. The van der Waals surface area contributed by atoms with Crippen molar-refractivity contribution in [1.29, 1.82) is 0 Å². The Hall–Kier alpha value is -3.36. The highest BCUT2D eigenvalue weighted by Gasteiger charge is 2.37. The van der Waals surface area contributed by atoms with Crippen LogP contribution in [0, 0.1) is 0 Å². The van der Waals surface area contributed by atoms with Crippen molar-refractivity contribution in [2.75, 3.05) is 17.3 Å². The van der Waals surface area contributed by atoms with Crippen molar-refractivity contribution in [3.63, 3.8) is 0 Å². The number of rotatable bonds is 3. The first-order valence-corrected chi connectivity index (χ1v) is 8.12. The molecule has 2 aromatic rings. The lowest BCUT2D eigenvalue weighted by Crippen LogP contribution is -2.42. The Labute approximate surface area is 153 Å². The van der Waals surface area contributed by atoms with Gasteiger partial charge < -0.3 is 10.1 Å². The third-order valence-corrected chi connectivity index (χ3v) is 4.34. The average molecular weight is 375 g/mol. The van der Waals surface area contributed by atoms with Crippen molar-refractivity contribution >= 4 is 11.4 Å². The van der Waals surface area contributed by atoms with Crippen LogP contribution in [0.4, 0.5) is 24.5 Å². The number of hydrogen-bond donors (Lipinski definition) is 3. The van der Waals surface area contributed by atoms with Gasteiger partial charge in [0.1, 0.15) is 12.0 Å². The predicted octanol–water partition coefficient (Wildman–Crippen LogP) is 3.47. The Balaban J connectivity index is 1.78. The first kappa shape index (κ1) is 17.1. The molecule has 0 spiro atoms. The normalized spacial score (nSPS) is 18.5. The summed E-state index contributed by atoms with van der Waals surface area (Å²) >= 11 is 0. The van der Waals surface area contributed by atoms with Crippen LogP contribution in [-0.2, 0) is 10.9 Å². The van der Waals surface area contributed by atoms with Crippen molar-refractivity contribution < 1.29 is 17.9 Å². The molecule has 0 fully saturated rings. The van der Waals surface area contributed by atoms with Crippen LogP contribution in [0.1, 0.15) is 17.3 Å². The summed E-state index contributed by atoms with van der Waals surface area (Å²) in [5.41, 5.74) is 7.09. The second-order valence-corrected chi connectivity index (χ2v) is 5.96. The molecule has 0 saturated heterocycles. The van der Waals surface area contributed by atoms with E-state index in [1.807, 2.05) is 17.0 Å². The Morgan fingerprint density at radius 2 is 1.85 bits per heavy atom. The van der Waals surface area contributed by atoms with Crippen LogP contribution in [0.15, 0.2) is 66.6 Å². The van der Waals surface area contributed by atoms with E-state index in [1.54, 1.807) is 24.5 Å². The number of aromatic nitrogens is 1. The van der Waals surface area contributed by atoms with Crippen LogP contribution in [0.5, 0.6) is 0 Å². The molecule has 0 saturated carbocycles. The Morgan fingerprint density at radius 1 is 1.07 bits per heavy atom. The molecular weight excluding hydrogens is 359 g/mol. The third-order valence-electron chi connectivity index (χ3n) is 4.34. The number of anilines is 2. The summed E-state index contributed by atoms with van der Waals surface area (Å²) in [5.74, 6) is 1.18. The fourth-order valence-corrected chi connectivity index (χ4v) is 3.06. The van der Waals surface area contributed by atoms with E-state index >= 15 is 0 Å². The van der Waals surface area contributed by atoms with Crippen LogP contribution >= 0.6 is 0 Å². The summed E-state index contributed by atoms with van der Waals surface area (Å²) in [6.45, 7) is 0. The number of pyridine rings is 1. The monoisotopic (exact) mass is 375 g/mol. The maximum atomic E-state index is 13.1. The number of hydrogen-bond acceptors (Lipinski definition) is 6. The molecule has 3 N–H and O–H groups in total. The standard InChI is InChI=1S/C18H16F3N5O/c1-27-16-5-4-15(24-25-16)26-14-3-2-12(18(19,20)21)10-13(14)23-17(26)11-6-8-22-9-7-11/h2-10,17,23-25H,1H3. The summed E-state index contributed by atoms with van der Waals surface area (Å²) in [6, 6.07) is 7.29. The number of hydrazine groups is 1. The van der Waals surface area contributed by atoms with Gasteiger partial charge in [-0.25, -0.2) is 0 Å². The molecule has 2 aliphatic heterocycles. The number of benzene rings is 1. The maximum absolute atomic E-state index is 13.1. The molecule has 0 bridgehead atoms. The summed E-state index contributed by atoms with van der Waals surface area (Å²) in [6.07, 6.45) is 2.00. The van der Waals surface area contributed by atoms with Gasteiger partial charge in [-0.15, -0.1) is 0 Å². The molecule has 0 amide bonds. The van der Waals surface area contributed by atoms with Crippen LogP contribution < -0.4 is 21.1 Å². The maximum Gasteiger partial charge on any atom is 0.416 e. The number of allylic oxidation sites excluding steroid dienone is 2. The average Bonchev–Trinajstić information content (AvgIpc) is 3.07. The van der Waals surface area contributed by atoms with E-state index in [4.69, 9.17) is 4.74 Å². The lowest BCUT2D eigenvalue weighted by atomic mass is 10.1. The zero-order chi connectivity index (χ0) is 19.0. The van der Waals surface area contributed by atoms with Gasteiger partial charge in [-0.3, -0.25) is 20.7 Å². The lowest BCUT2D eigenvalue weighted by Gasteiger charge is -2.31. The van der Waals surface area contributed by atoms with Gasteiger partial charge in [0.15, 0.2) is 0 Å². The van der Waals surface area contributed by atoms with Gasteiger partial charge in [0, 0.05) is 18.5 Å². The smallest absolute Gasteiger partial charge is 0.416 e. The van der Waals surface area contributed by atoms with Gasteiger partial charge in [-0.05, 0) is 42.0 Å². The number of nitrogens with one attached hydrogen (secondary N) is 3. The van der Waals surface area contributed by atoms with Crippen molar-refractivity contribution in [2.24, 2.45) is 0 Å². The van der Waals surface area contributed by atoms with Crippen molar-refractivity contribution in [1.82, 2.24) is 15.8 Å².